The zero-order chi connectivity index (χ0) is 24.0. The Balaban J connectivity index is 1.57. The number of aryl methyl sites for hydroxylation is 1. The van der Waals surface area contributed by atoms with Crippen LogP contribution < -0.4 is 14.8 Å². The van der Waals surface area contributed by atoms with Gasteiger partial charge in [0.1, 0.15) is 11.8 Å². The standard InChI is InChI=1S/C24H29N3O4S2/c1-16(2)23(27-33(29,30)21-11-9-20(31-4)10-12-21)24(28)25-14-13-18-5-7-19(8-6-18)22-15-32-17(3)26-22/h5-12,15-16,23,27H,13-14H2,1-4H3,(H,25,28)/t23-/m0/s1. The second kappa shape index (κ2) is 10.9. The highest BCUT2D eigenvalue weighted by Crippen LogP contribution is 2.22. The molecule has 3 rings (SSSR count). The smallest absolute Gasteiger partial charge is 0.241 e. The summed E-state index contributed by atoms with van der Waals surface area (Å²) in [5, 5.41) is 5.92. The molecule has 2 aromatic carbocycles. The fourth-order valence-electron chi connectivity index (χ4n) is 3.26. The Morgan fingerprint density at radius 1 is 1.09 bits per heavy atom. The van der Waals surface area contributed by atoms with Crippen molar-refractivity contribution in [3.05, 3.63) is 64.5 Å². The van der Waals surface area contributed by atoms with Gasteiger partial charge in [0.15, 0.2) is 0 Å². The number of ether oxygens (including phenoxy) is 1. The van der Waals surface area contributed by atoms with Crippen molar-refractivity contribution in [1.29, 1.82) is 0 Å². The zero-order valence-electron chi connectivity index (χ0n) is 19.2. The molecule has 1 amide bonds. The van der Waals surface area contributed by atoms with Gasteiger partial charge < -0.3 is 10.1 Å². The van der Waals surface area contributed by atoms with Gasteiger partial charge in [0, 0.05) is 17.5 Å². The zero-order valence-corrected chi connectivity index (χ0v) is 20.8. The van der Waals surface area contributed by atoms with Crippen LogP contribution in [0.1, 0.15) is 24.4 Å². The molecule has 176 valence electrons. The molecule has 1 heterocycles. The third kappa shape index (κ3) is 6.63. The number of thiazole rings is 1. The van der Waals surface area contributed by atoms with E-state index < -0.39 is 16.1 Å². The van der Waals surface area contributed by atoms with Gasteiger partial charge in [-0.2, -0.15) is 4.72 Å². The van der Waals surface area contributed by atoms with Gasteiger partial charge in [0.2, 0.25) is 15.9 Å². The molecule has 9 heteroatoms. The van der Waals surface area contributed by atoms with E-state index in [4.69, 9.17) is 4.74 Å². The number of hydrogen-bond acceptors (Lipinski definition) is 6. The van der Waals surface area contributed by atoms with Crippen LogP contribution in [0.4, 0.5) is 0 Å². The van der Waals surface area contributed by atoms with E-state index in [2.05, 4.69) is 15.0 Å². The van der Waals surface area contributed by atoms with Crippen LogP contribution >= 0.6 is 11.3 Å². The first-order valence-corrected chi connectivity index (χ1v) is 13.0. The molecule has 0 fully saturated rings. The van der Waals surface area contributed by atoms with Crippen LogP contribution in [0.2, 0.25) is 0 Å². The minimum absolute atomic E-state index is 0.0807. The van der Waals surface area contributed by atoms with Crippen LogP contribution in [0.3, 0.4) is 0 Å². The Morgan fingerprint density at radius 2 is 1.76 bits per heavy atom. The fourth-order valence-corrected chi connectivity index (χ4v) is 5.23. The lowest BCUT2D eigenvalue weighted by Gasteiger charge is -2.21. The summed E-state index contributed by atoms with van der Waals surface area (Å²) in [7, 11) is -2.34. The minimum atomic E-state index is -3.85. The molecule has 0 unspecified atom stereocenters. The topological polar surface area (TPSA) is 97.4 Å². The van der Waals surface area contributed by atoms with Crippen molar-refractivity contribution in [2.45, 2.75) is 38.1 Å². The van der Waals surface area contributed by atoms with Gasteiger partial charge in [-0.15, -0.1) is 11.3 Å². The molecule has 0 radical (unpaired) electrons. The summed E-state index contributed by atoms with van der Waals surface area (Å²) < 4.78 is 33.1. The van der Waals surface area contributed by atoms with Gasteiger partial charge in [-0.05, 0) is 49.1 Å². The number of hydrogen-bond donors (Lipinski definition) is 2. The summed E-state index contributed by atoms with van der Waals surface area (Å²) in [6, 6.07) is 13.2. The van der Waals surface area contributed by atoms with Gasteiger partial charge in [-0.1, -0.05) is 38.1 Å². The van der Waals surface area contributed by atoms with E-state index in [1.54, 1.807) is 37.3 Å². The van der Waals surface area contributed by atoms with Crippen molar-refractivity contribution in [2.24, 2.45) is 5.92 Å². The highest BCUT2D eigenvalue weighted by molar-refractivity contribution is 7.89. The maximum Gasteiger partial charge on any atom is 0.241 e. The SMILES string of the molecule is COc1ccc(S(=O)(=O)N[C@H](C(=O)NCCc2ccc(-c3csc(C)n3)cc2)C(C)C)cc1. The monoisotopic (exact) mass is 487 g/mol. The fraction of sp³-hybridized carbons (Fsp3) is 0.333. The van der Waals surface area contributed by atoms with E-state index >= 15 is 0 Å². The molecule has 0 aliphatic carbocycles. The van der Waals surface area contributed by atoms with Gasteiger partial charge in [-0.3, -0.25) is 4.79 Å². The average molecular weight is 488 g/mol. The number of carbonyl (C=O) groups is 1. The maximum absolute atomic E-state index is 12.8. The molecule has 2 N–H and O–H groups in total. The molecule has 0 spiro atoms. The molecule has 3 aromatic rings. The molecule has 0 saturated carbocycles. The number of carbonyl (C=O) groups excluding carboxylic acids is 1. The second-order valence-electron chi connectivity index (χ2n) is 8.01. The van der Waals surface area contributed by atoms with Crippen LogP contribution in [-0.2, 0) is 21.2 Å². The Kier molecular flexibility index (Phi) is 8.23. The summed E-state index contributed by atoms with van der Waals surface area (Å²) in [4.78, 5) is 17.3. The second-order valence-corrected chi connectivity index (χ2v) is 10.8. The highest BCUT2D eigenvalue weighted by atomic mass is 32.2. The molecule has 7 nitrogen and oxygen atoms in total. The third-order valence-electron chi connectivity index (χ3n) is 5.18. The number of rotatable bonds is 10. The number of amides is 1. The summed E-state index contributed by atoms with van der Waals surface area (Å²) in [6.45, 7) is 5.99. The molecule has 0 bridgehead atoms. The molecule has 0 aliphatic heterocycles. The number of methoxy groups -OCH3 is 1. The third-order valence-corrected chi connectivity index (χ3v) is 7.41. The Labute approximate surface area is 199 Å². The largest absolute Gasteiger partial charge is 0.497 e. The maximum atomic E-state index is 12.8. The number of aromatic nitrogens is 1. The van der Waals surface area contributed by atoms with Gasteiger partial charge >= 0.3 is 0 Å². The van der Waals surface area contributed by atoms with E-state index in [0.29, 0.717) is 18.7 Å². The lowest BCUT2D eigenvalue weighted by atomic mass is 10.0. The van der Waals surface area contributed by atoms with Gasteiger partial charge in [0.25, 0.3) is 0 Å². The van der Waals surface area contributed by atoms with Crippen molar-refractivity contribution < 1.29 is 17.9 Å². The molecular formula is C24H29N3O4S2. The Morgan fingerprint density at radius 3 is 2.30 bits per heavy atom. The van der Waals surface area contributed by atoms with E-state index in [9.17, 15) is 13.2 Å². The Bertz CT molecular complexity index is 1170. The molecule has 0 saturated heterocycles. The van der Waals surface area contributed by atoms with Gasteiger partial charge in [0.05, 0.1) is 22.7 Å². The van der Waals surface area contributed by atoms with E-state index in [1.165, 1.54) is 19.2 Å². The summed E-state index contributed by atoms with van der Waals surface area (Å²) in [5.41, 5.74) is 3.09. The van der Waals surface area contributed by atoms with E-state index in [-0.39, 0.29) is 16.7 Å². The minimum Gasteiger partial charge on any atom is -0.497 e. The van der Waals surface area contributed by atoms with Crippen molar-refractivity contribution in [3.63, 3.8) is 0 Å². The molecule has 0 aliphatic rings. The summed E-state index contributed by atoms with van der Waals surface area (Å²) in [5.74, 6) is -0.0163. The van der Waals surface area contributed by atoms with E-state index in [0.717, 1.165) is 21.8 Å². The lowest BCUT2D eigenvalue weighted by Crippen LogP contribution is -2.49. The predicted octanol–water partition coefficient (Wildman–Crippen LogP) is 3.79. The average Bonchev–Trinajstić information content (AvgIpc) is 3.24. The lowest BCUT2D eigenvalue weighted by molar-refractivity contribution is -0.123. The highest BCUT2D eigenvalue weighted by Gasteiger charge is 2.28. The number of benzene rings is 2. The normalized spacial score (nSPS) is 12.5. The van der Waals surface area contributed by atoms with Crippen LogP contribution in [0, 0.1) is 12.8 Å². The number of nitrogens with zero attached hydrogens (tertiary/aromatic N) is 1. The molecule has 1 aromatic heterocycles. The quantitative estimate of drug-likeness (QED) is 0.454. The summed E-state index contributed by atoms with van der Waals surface area (Å²) in [6.07, 6.45) is 0.637. The van der Waals surface area contributed by atoms with Gasteiger partial charge in [-0.25, -0.2) is 13.4 Å². The van der Waals surface area contributed by atoms with Crippen molar-refractivity contribution in [1.82, 2.24) is 15.0 Å². The van der Waals surface area contributed by atoms with Crippen LogP contribution in [-0.4, -0.2) is 39.0 Å². The number of nitrogens with one attached hydrogen (secondary N) is 2. The van der Waals surface area contributed by atoms with E-state index in [1.807, 2.05) is 36.6 Å². The first-order valence-electron chi connectivity index (χ1n) is 10.6. The van der Waals surface area contributed by atoms with Crippen molar-refractivity contribution in [2.75, 3.05) is 13.7 Å². The first-order chi connectivity index (χ1) is 15.7. The molecule has 33 heavy (non-hydrogen) atoms. The summed E-state index contributed by atoms with van der Waals surface area (Å²) >= 11 is 1.62. The molecular weight excluding hydrogens is 458 g/mol. The molecule has 1 atom stereocenters. The predicted molar refractivity (Wildman–Crippen MR) is 131 cm³/mol. The number of sulfonamides is 1. The Hall–Kier alpha value is -2.75. The van der Waals surface area contributed by atoms with Crippen LogP contribution in [0.15, 0.2) is 58.8 Å². The van der Waals surface area contributed by atoms with Crippen LogP contribution in [0.5, 0.6) is 5.75 Å². The van der Waals surface area contributed by atoms with Crippen LogP contribution in [0.25, 0.3) is 11.3 Å². The van der Waals surface area contributed by atoms with Crippen molar-refractivity contribution in [3.8, 4) is 17.0 Å². The first kappa shape index (κ1) is 24.9. The van der Waals surface area contributed by atoms with Crippen molar-refractivity contribution >= 4 is 27.3 Å².